The van der Waals surface area contributed by atoms with Crippen LogP contribution in [-0.4, -0.2) is 36.5 Å². The fourth-order valence-electron chi connectivity index (χ4n) is 1.82. The number of nitrogens with one attached hydrogen (secondary N) is 2. The van der Waals surface area contributed by atoms with Gasteiger partial charge in [-0.2, -0.15) is 11.8 Å². The van der Waals surface area contributed by atoms with Crippen molar-refractivity contribution in [3.8, 4) is 0 Å². The smallest absolute Gasteiger partial charge is 0.237 e. The summed E-state index contributed by atoms with van der Waals surface area (Å²) in [4.78, 5) is 11.6. The number of hydrogen-bond donors (Lipinski definition) is 2. The van der Waals surface area contributed by atoms with Crippen LogP contribution in [0.1, 0.15) is 32.6 Å². The van der Waals surface area contributed by atoms with Crippen molar-refractivity contribution in [2.45, 2.75) is 44.7 Å². The van der Waals surface area contributed by atoms with Crippen LogP contribution >= 0.6 is 11.8 Å². The molecule has 2 unspecified atom stereocenters. The molecule has 1 rings (SSSR count). The second-order valence-electron chi connectivity index (χ2n) is 4.19. The number of amides is 1. The molecule has 0 aromatic rings. The minimum Gasteiger partial charge on any atom is -0.355 e. The Morgan fingerprint density at radius 2 is 2.40 bits per heavy atom. The summed E-state index contributed by atoms with van der Waals surface area (Å²) in [7, 11) is 0. The maximum Gasteiger partial charge on any atom is 0.237 e. The Hall–Kier alpha value is -0.220. The second-order valence-corrected chi connectivity index (χ2v) is 5.17. The molecule has 0 saturated carbocycles. The van der Waals surface area contributed by atoms with Crippen molar-refractivity contribution in [3.05, 3.63) is 0 Å². The van der Waals surface area contributed by atoms with Crippen LogP contribution in [0, 0.1) is 0 Å². The highest BCUT2D eigenvalue weighted by atomic mass is 32.2. The monoisotopic (exact) mass is 230 g/mol. The summed E-state index contributed by atoms with van der Waals surface area (Å²) in [5.74, 6) is 1.34. The maximum atomic E-state index is 11.6. The van der Waals surface area contributed by atoms with Gasteiger partial charge in [-0.1, -0.05) is 0 Å². The van der Waals surface area contributed by atoms with Gasteiger partial charge in [0.25, 0.3) is 0 Å². The molecule has 15 heavy (non-hydrogen) atoms. The predicted octanol–water partition coefficient (Wildman–Crippen LogP) is 1.39. The first kappa shape index (κ1) is 12.8. The Morgan fingerprint density at radius 3 is 3.13 bits per heavy atom. The minimum atomic E-state index is 0.0318. The highest BCUT2D eigenvalue weighted by Crippen LogP contribution is 2.08. The average molecular weight is 230 g/mol. The number of carbonyl (C=O) groups is 1. The van der Waals surface area contributed by atoms with E-state index in [0.717, 1.165) is 38.0 Å². The molecule has 1 aliphatic rings. The maximum absolute atomic E-state index is 11.6. The van der Waals surface area contributed by atoms with Crippen LogP contribution in [-0.2, 0) is 4.79 Å². The first-order chi connectivity index (χ1) is 7.24. The lowest BCUT2D eigenvalue weighted by Crippen LogP contribution is -2.46. The van der Waals surface area contributed by atoms with Gasteiger partial charge in [-0.15, -0.1) is 0 Å². The van der Waals surface area contributed by atoms with E-state index >= 15 is 0 Å². The highest BCUT2D eigenvalue weighted by Gasteiger charge is 2.21. The van der Waals surface area contributed by atoms with Crippen LogP contribution in [0.15, 0.2) is 0 Å². The number of thioether (sulfide) groups is 1. The van der Waals surface area contributed by atoms with Gasteiger partial charge in [-0.3, -0.25) is 4.79 Å². The molecule has 0 aromatic carbocycles. The predicted molar refractivity (Wildman–Crippen MR) is 66.2 cm³/mol. The molecule has 1 aliphatic heterocycles. The highest BCUT2D eigenvalue weighted by molar-refractivity contribution is 7.98. The molecule has 2 atom stereocenters. The van der Waals surface area contributed by atoms with Crippen molar-refractivity contribution in [2.24, 2.45) is 0 Å². The third-order valence-corrected chi connectivity index (χ3v) is 3.42. The topological polar surface area (TPSA) is 41.1 Å². The normalized spacial score (nSPS) is 24.4. The molecule has 0 bridgehead atoms. The first-order valence-corrected chi connectivity index (χ1v) is 7.16. The van der Waals surface area contributed by atoms with Crippen LogP contribution in [0.25, 0.3) is 0 Å². The van der Waals surface area contributed by atoms with Crippen molar-refractivity contribution in [3.63, 3.8) is 0 Å². The van der Waals surface area contributed by atoms with Crippen LogP contribution in [0.4, 0.5) is 0 Å². The summed E-state index contributed by atoms with van der Waals surface area (Å²) < 4.78 is 0. The summed E-state index contributed by atoms with van der Waals surface area (Å²) in [6.45, 7) is 3.00. The summed E-state index contributed by atoms with van der Waals surface area (Å²) in [6.07, 6.45) is 6.49. The standard InChI is InChI=1S/C11H22N2OS/c1-9(6-8-15-2)13-10-5-3-4-7-12-11(10)14/h9-10,13H,3-8H2,1-2H3,(H,12,14). The van der Waals surface area contributed by atoms with Crippen LogP contribution in [0.5, 0.6) is 0 Å². The molecule has 3 nitrogen and oxygen atoms in total. The van der Waals surface area contributed by atoms with Gasteiger partial charge in [0.15, 0.2) is 0 Å². The Bertz CT molecular complexity index is 199. The van der Waals surface area contributed by atoms with E-state index in [1.54, 1.807) is 0 Å². The van der Waals surface area contributed by atoms with E-state index in [9.17, 15) is 4.79 Å². The van der Waals surface area contributed by atoms with Crippen molar-refractivity contribution < 1.29 is 4.79 Å². The summed E-state index contributed by atoms with van der Waals surface area (Å²) >= 11 is 1.86. The minimum absolute atomic E-state index is 0.0318. The average Bonchev–Trinajstić information content (AvgIpc) is 2.42. The first-order valence-electron chi connectivity index (χ1n) is 5.76. The largest absolute Gasteiger partial charge is 0.355 e. The van der Waals surface area contributed by atoms with Crippen molar-refractivity contribution in [2.75, 3.05) is 18.6 Å². The summed E-state index contributed by atoms with van der Waals surface area (Å²) in [5, 5.41) is 6.37. The van der Waals surface area contributed by atoms with E-state index in [-0.39, 0.29) is 11.9 Å². The van der Waals surface area contributed by atoms with E-state index < -0.39 is 0 Å². The van der Waals surface area contributed by atoms with E-state index in [1.165, 1.54) is 0 Å². The van der Waals surface area contributed by atoms with E-state index in [2.05, 4.69) is 23.8 Å². The Kier molecular flexibility index (Phi) is 6.10. The molecule has 4 heteroatoms. The molecular formula is C11H22N2OS. The fraction of sp³-hybridized carbons (Fsp3) is 0.909. The molecule has 1 amide bonds. The van der Waals surface area contributed by atoms with Crippen molar-refractivity contribution >= 4 is 17.7 Å². The quantitative estimate of drug-likeness (QED) is 0.750. The third kappa shape index (κ3) is 4.89. The molecule has 0 spiro atoms. The van der Waals surface area contributed by atoms with Gasteiger partial charge in [-0.25, -0.2) is 0 Å². The second kappa shape index (κ2) is 7.12. The Balaban J connectivity index is 2.30. The molecule has 1 saturated heterocycles. The van der Waals surface area contributed by atoms with Gasteiger partial charge in [0.1, 0.15) is 0 Å². The zero-order valence-electron chi connectivity index (χ0n) is 9.71. The van der Waals surface area contributed by atoms with Gasteiger partial charge in [0.2, 0.25) is 5.91 Å². The zero-order valence-corrected chi connectivity index (χ0v) is 10.5. The molecule has 0 aliphatic carbocycles. The van der Waals surface area contributed by atoms with Gasteiger partial charge >= 0.3 is 0 Å². The lowest BCUT2D eigenvalue weighted by molar-refractivity contribution is -0.123. The number of rotatable bonds is 5. The van der Waals surface area contributed by atoms with Crippen LogP contribution < -0.4 is 10.6 Å². The summed E-state index contributed by atoms with van der Waals surface area (Å²) in [6, 6.07) is 0.468. The van der Waals surface area contributed by atoms with Gasteiger partial charge in [-0.05, 0) is 44.6 Å². The Morgan fingerprint density at radius 1 is 1.60 bits per heavy atom. The number of carbonyl (C=O) groups excluding carboxylic acids is 1. The van der Waals surface area contributed by atoms with E-state index in [4.69, 9.17) is 0 Å². The molecule has 0 aromatic heterocycles. The van der Waals surface area contributed by atoms with Gasteiger partial charge < -0.3 is 10.6 Å². The van der Waals surface area contributed by atoms with E-state index in [1.807, 2.05) is 11.8 Å². The summed E-state index contributed by atoms with van der Waals surface area (Å²) in [5.41, 5.74) is 0. The number of hydrogen-bond acceptors (Lipinski definition) is 3. The van der Waals surface area contributed by atoms with Gasteiger partial charge in [0, 0.05) is 12.6 Å². The molecule has 1 heterocycles. The molecule has 0 radical (unpaired) electrons. The zero-order chi connectivity index (χ0) is 11.1. The molecule has 2 N–H and O–H groups in total. The van der Waals surface area contributed by atoms with E-state index in [0.29, 0.717) is 6.04 Å². The lowest BCUT2D eigenvalue weighted by Gasteiger charge is -2.20. The van der Waals surface area contributed by atoms with Crippen LogP contribution in [0.2, 0.25) is 0 Å². The van der Waals surface area contributed by atoms with Crippen molar-refractivity contribution in [1.82, 2.24) is 10.6 Å². The molecule has 1 fully saturated rings. The molecule has 88 valence electrons. The SMILES string of the molecule is CSCCC(C)NC1CCCCNC1=O. The molecular weight excluding hydrogens is 208 g/mol. The fourth-order valence-corrected chi connectivity index (χ4v) is 2.41. The van der Waals surface area contributed by atoms with Crippen LogP contribution in [0.3, 0.4) is 0 Å². The van der Waals surface area contributed by atoms with Crippen molar-refractivity contribution in [1.29, 1.82) is 0 Å². The Labute approximate surface area is 96.8 Å². The lowest BCUT2D eigenvalue weighted by atomic mass is 10.1. The van der Waals surface area contributed by atoms with Gasteiger partial charge in [0.05, 0.1) is 6.04 Å². The third-order valence-electron chi connectivity index (χ3n) is 2.78.